The summed E-state index contributed by atoms with van der Waals surface area (Å²) in [5.74, 6) is 0.306. The lowest BCUT2D eigenvalue weighted by molar-refractivity contribution is 0.0495. The first kappa shape index (κ1) is 16.3. The van der Waals surface area contributed by atoms with Crippen molar-refractivity contribution in [2.75, 3.05) is 32.5 Å². The van der Waals surface area contributed by atoms with Crippen LogP contribution in [0.1, 0.15) is 26.2 Å². The fourth-order valence-electron chi connectivity index (χ4n) is 2.54. The summed E-state index contributed by atoms with van der Waals surface area (Å²) < 4.78 is 33.5. The highest BCUT2D eigenvalue weighted by molar-refractivity contribution is 7.89. The molecule has 0 saturated carbocycles. The maximum absolute atomic E-state index is 12.6. The van der Waals surface area contributed by atoms with E-state index in [2.05, 4.69) is 5.10 Å². The smallest absolute Gasteiger partial charge is 0.248 e. The molecule has 120 valence electrons. The molecule has 1 atom stereocenters. The molecule has 1 fully saturated rings. The van der Waals surface area contributed by atoms with E-state index >= 15 is 0 Å². The number of nitrogens with zero attached hydrogens (tertiary/aromatic N) is 3. The third-order valence-corrected chi connectivity index (χ3v) is 5.51. The highest BCUT2D eigenvalue weighted by atomic mass is 32.2. The first-order valence-electron chi connectivity index (χ1n) is 7.32. The molecule has 2 rings (SSSR count). The molecule has 0 bridgehead atoms. The highest BCUT2D eigenvalue weighted by Gasteiger charge is 2.28. The van der Waals surface area contributed by atoms with Gasteiger partial charge in [0.2, 0.25) is 10.0 Å². The van der Waals surface area contributed by atoms with Crippen LogP contribution in [-0.2, 0) is 21.3 Å². The molecule has 1 saturated heterocycles. The van der Waals surface area contributed by atoms with Crippen molar-refractivity contribution in [3.8, 4) is 0 Å². The molecule has 1 aromatic heterocycles. The van der Waals surface area contributed by atoms with Gasteiger partial charge in [-0.05, 0) is 25.2 Å². The van der Waals surface area contributed by atoms with Gasteiger partial charge in [-0.2, -0.15) is 5.10 Å². The van der Waals surface area contributed by atoms with Crippen molar-refractivity contribution < 1.29 is 13.2 Å². The van der Waals surface area contributed by atoms with Crippen LogP contribution in [0.2, 0.25) is 0 Å². The molecule has 8 heteroatoms. The molecular weight excluding hydrogens is 292 g/mol. The number of hydrogen-bond acceptors (Lipinski definition) is 5. The van der Waals surface area contributed by atoms with Gasteiger partial charge in [0, 0.05) is 32.9 Å². The van der Waals surface area contributed by atoms with Crippen molar-refractivity contribution in [1.29, 1.82) is 0 Å². The van der Waals surface area contributed by atoms with Gasteiger partial charge in [-0.25, -0.2) is 12.7 Å². The minimum Gasteiger partial charge on any atom is -0.381 e. The first-order valence-corrected chi connectivity index (χ1v) is 8.76. The number of aryl methyl sites for hydroxylation is 1. The quantitative estimate of drug-likeness (QED) is 0.843. The minimum atomic E-state index is -3.60. The zero-order valence-corrected chi connectivity index (χ0v) is 13.5. The van der Waals surface area contributed by atoms with Gasteiger partial charge >= 0.3 is 0 Å². The summed E-state index contributed by atoms with van der Waals surface area (Å²) in [5.41, 5.74) is 5.77. The van der Waals surface area contributed by atoms with Crippen LogP contribution in [0.25, 0.3) is 0 Å². The van der Waals surface area contributed by atoms with E-state index in [-0.39, 0.29) is 16.6 Å². The molecule has 0 aliphatic carbocycles. The second kappa shape index (κ2) is 6.76. The number of ether oxygens (including phenoxy) is 1. The van der Waals surface area contributed by atoms with Crippen molar-refractivity contribution in [3.63, 3.8) is 0 Å². The van der Waals surface area contributed by atoms with Gasteiger partial charge in [0.15, 0.2) is 5.82 Å². The highest BCUT2D eigenvalue weighted by Crippen LogP contribution is 2.23. The topological polar surface area (TPSA) is 90.5 Å². The number of anilines is 1. The maximum Gasteiger partial charge on any atom is 0.248 e. The van der Waals surface area contributed by atoms with Crippen molar-refractivity contribution in [2.45, 2.75) is 37.6 Å². The average Bonchev–Trinajstić information content (AvgIpc) is 2.82. The number of rotatable bonds is 6. The number of nitrogens with two attached hydrogens (primary N) is 1. The SMILES string of the molecule is CCCn1cc(S(=O)(=O)N(C)CC2CCCOC2)c(N)n1. The third-order valence-electron chi connectivity index (χ3n) is 3.67. The summed E-state index contributed by atoms with van der Waals surface area (Å²) in [5, 5.41) is 4.06. The van der Waals surface area contributed by atoms with Gasteiger partial charge in [0.1, 0.15) is 4.90 Å². The summed E-state index contributed by atoms with van der Waals surface area (Å²) in [7, 11) is -2.01. The van der Waals surface area contributed by atoms with E-state index in [4.69, 9.17) is 10.5 Å². The van der Waals surface area contributed by atoms with Crippen molar-refractivity contribution in [1.82, 2.24) is 14.1 Å². The van der Waals surface area contributed by atoms with Gasteiger partial charge in [0.25, 0.3) is 0 Å². The molecule has 21 heavy (non-hydrogen) atoms. The zero-order valence-electron chi connectivity index (χ0n) is 12.7. The third kappa shape index (κ3) is 3.75. The number of aromatic nitrogens is 2. The summed E-state index contributed by atoms with van der Waals surface area (Å²) >= 11 is 0. The van der Waals surface area contributed by atoms with Gasteiger partial charge in [-0.15, -0.1) is 0 Å². The van der Waals surface area contributed by atoms with Crippen LogP contribution in [0.4, 0.5) is 5.82 Å². The molecule has 1 unspecified atom stereocenters. The van der Waals surface area contributed by atoms with Crippen molar-refractivity contribution >= 4 is 15.8 Å². The van der Waals surface area contributed by atoms with Gasteiger partial charge < -0.3 is 10.5 Å². The van der Waals surface area contributed by atoms with E-state index in [1.54, 1.807) is 11.7 Å². The van der Waals surface area contributed by atoms with Crippen molar-refractivity contribution in [3.05, 3.63) is 6.20 Å². The van der Waals surface area contributed by atoms with Crippen LogP contribution < -0.4 is 5.73 Å². The Labute approximate surface area is 126 Å². The molecule has 1 aromatic rings. The number of nitrogen functional groups attached to an aromatic ring is 1. The largest absolute Gasteiger partial charge is 0.381 e. The first-order chi connectivity index (χ1) is 9.95. The Morgan fingerprint density at radius 1 is 1.57 bits per heavy atom. The Hall–Kier alpha value is -1.12. The lowest BCUT2D eigenvalue weighted by atomic mass is 10.0. The summed E-state index contributed by atoms with van der Waals surface area (Å²) in [6.45, 7) is 4.48. The molecule has 2 heterocycles. The predicted octanol–water partition coefficient (Wildman–Crippen LogP) is 0.922. The van der Waals surface area contributed by atoms with Gasteiger partial charge in [-0.1, -0.05) is 6.92 Å². The molecule has 0 radical (unpaired) electrons. The number of hydrogen-bond donors (Lipinski definition) is 1. The summed E-state index contributed by atoms with van der Waals surface area (Å²) in [6.07, 6.45) is 4.36. The fourth-order valence-corrected chi connectivity index (χ4v) is 3.84. The van der Waals surface area contributed by atoms with Crippen molar-refractivity contribution in [2.24, 2.45) is 5.92 Å². The molecule has 7 nitrogen and oxygen atoms in total. The normalized spacial score (nSPS) is 20.0. The minimum absolute atomic E-state index is 0.0650. The van der Waals surface area contributed by atoms with Crippen LogP contribution in [0.5, 0.6) is 0 Å². The second-order valence-electron chi connectivity index (χ2n) is 5.51. The second-order valence-corrected chi connectivity index (χ2v) is 7.52. The predicted molar refractivity (Wildman–Crippen MR) is 80.3 cm³/mol. The van der Waals surface area contributed by atoms with Crippen LogP contribution in [0.15, 0.2) is 11.1 Å². The summed E-state index contributed by atoms with van der Waals surface area (Å²) in [6, 6.07) is 0. The lowest BCUT2D eigenvalue weighted by Crippen LogP contribution is -2.35. The van der Waals surface area contributed by atoms with Crippen LogP contribution >= 0.6 is 0 Å². The molecular formula is C13H24N4O3S. The molecule has 1 aliphatic heterocycles. The maximum atomic E-state index is 12.6. The summed E-state index contributed by atoms with van der Waals surface area (Å²) in [4.78, 5) is 0.0928. The molecule has 2 N–H and O–H groups in total. The molecule has 0 amide bonds. The Balaban J connectivity index is 2.12. The lowest BCUT2D eigenvalue weighted by Gasteiger charge is -2.26. The average molecular weight is 316 g/mol. The Kier molecular flexibility index (Phi) is 5.23. The molecule has 0 spiro atoms. The van der Waals surface area contributed by atoms with Gasteiger partial charge in [-0.3, -0.25) is 4.68 Å². The Morgan fingerprint density at radius 3 is 2.95 bits per heavy atom. The van der Waals surface area contributed by atoms with E-state index in [0.717, 1.165) is 25.9 Å². The fraction of sp³-hybridized carbons (Fsp3) is 0.769. The standard InChI is InChI=1S/C13H24N4O3S/c1-3-6-17-9-12(13(14)15-17)21(18,19)16(2)8-11-5-4-7-20-10-11/h9,11H,3-8,10H2,1-2H3,(H2,14,15). The van der Waals surface area contributed by atoms with Crippen LogP contribution in [0, 0.1) is 5.92 Å². The van der Waals surface area contributed by atoms with Crippen LogP contribution in [0.3, 0.4) is 0 Å². The molecule has 0 aromatic carbocycles. The zero-order chi connectivity index (χ0) is 15.5. The number of sulfonamides is 1. The monoisotopic (exact) mass is 316 g/mol. The molecule has 1 aliphatic rings. The van der Waals surface area contributed by atoms with E-state index in [1.165, 1.54) is 10.5 Å². The van der Waals surface area contributed by atoms with Crippen LogP contribution in [-0.4, -0.2) is 49.3 Å². The Morgan fingerprint density at radius 2 is 2.33 bits per heavy atom. The van der Waals surface area contributed by atoms with E-state index < -0.39 is 10.0 Å². The van der Waals surface area contributed by atoms with Gasteiger partial charge in [0.05, 0.1) is 6.61 Å². The Bertz CT molecular complexity index is 564. The van der Waals surface area contributed by atoms with E-state index in [9.17, 15) is 8.42 Å². The van der Waals surface area contributed by atoms with E-state index in [1.807, 2.05) is 6.92 Å². The van der Waals surface area contributed by atoms with E-state index in [0.29, 0.717) is 19.7 Å².